The Bertz CT molecular complexity index is 400. The van der Waals surface area contributed by atoms with Crippen molar-refractivity contribution in [3.05, 3.63) is 29.8 Å². The molecule has 5 nitrogen and oxygen atoms in total. The van der Waals surface area contributed by atoms with Crippen LogP contribution in [0.1, 0.15) is 11.0 Å². The molecule has 1 aromatic carbocycles. The molecule has 0 radical (unpaired) electrons. The minimum atomic E-state index is -4.71. The molecule has 0 heterocycles. The Labute approximate surface area is 110 Å². The number of ether oxygens (including phenoxy) is 1. The van der Waals surface area contributed by atoms with E-state index in [1.165, 1.54) is 31.4 Å². The first-order valence-corrected chi connectivity index (χ1v) is 5.19. The Morgan fingerprint density at radius 2 is 1.80 bits per heavy atom. The normalized spacial score (nSPS) is 12.7. The quantitative estimate of drug-likeness (QED) is 0.456. The second-order valence-corrected chi connectivity index (χ2v) is 4.05. The van der Waals surface area contributed by atoms with E-state index in [1.807, 2.05) is 0 Å². The van der Waals surface area contributed by atoms with Gasteiger partial charge in [0.25, 0.3) is 0 Å². The van der Waals surface area contributed by atoms with E-state index in [2.05, 4.69) is 0 Å². The Hall–Kier alpha value is -0.110. The van der Waals surface area contributed by atoms with Crippen LogP contribution in [0.3, 0.4) is 0 Å². The molecule has 0 aliphatic rings. The molecule has 1 rings (SSSR count). The monoisotopic (exact) mass is 240 g/mol. The van der Waals surface area contributed by atoms with Gasteiger partial charge in [-0.25, -0.2) is 8.42 Å². The zero-order chi connectivity index (χ0) is 10.8. The van der Waals surface area contributed by atoms with Gasteiger partial charge in [0.2, 0.25) is 0 Å². The van der Waals surface area contributed by atoms with Gasteiger partial charge in [-0.3, -0.25) is 0 Å². The van der Waals surface area contributed by atoms with Gasteiger partial charge in [-0.05, 0) is 17.7 Å². The van der Waals surface area contributed by atoms with Crippen LogP contribution < -0.4 is 34.3 Å². The summed E-state index contributed by atoms with van der Waals surface area (Å²) in [6, 6.07) is 5.56. The molecule has 0 aromatic heterocycles. The van der Waals surface area contributed by atoms with Gasteiger partial charge in [-0.15, -0.1) is 0 Å². The van der Waals surface area contributed by atoms with Gasteiger partial charge in [0.05, 0.1) is 7.11 Å². The summed E-state index contributed by atoms with van der Waals surface area (Å²) in [6.45, 7) is 0. The molecule has 0 fully saturated rings. The van der Waals surface area contributed by atoms with Crippen LogP contribution in [0.4, 0.5) is 0 Å². The average molecular weight is 240 g/mol. The topological polar surface area (TPSA) is 86.7 Å². The molecule has 0 saturated carbocycles. The standard InChI is InChI=1S/C8H10O5S.Na/c1-13-7-4-2-6(3-5-7)8(9)14(10,11)12;/h2-5,8-9H,1H3,(H,10,11,12);/q;+1/p-1. The van der Waals surface area contributed by atoms with Crippen LogP contribution in [0.2, 0.25) is 0 Å². The molecule has 1 aromatic rings. The van der Waals surface area contributed by atoms with Crippen LogP contribution in [-0.4, -0.2) is 25.2 Å². The minimum absolute atomic E-state index is 0. The summed E-state index contributed by atoms with van der Waals surface area (Å²) in [7, 11) is -3.26. The van der Waals surface area contributed by atoms with E-state index >= 15 is 0 Å². The van der Waals surface area contributed by atoms with Crippen molar-refractivity contribution in [3.63, 3.8) is 0 Å². The largest absolute Gasteiger partial charge is 1.00 e. The fourth-order valence-electron chi connectivity index (χ4n) is 0.935. The molecule has 0 aliphatic heterocycles. The minimum Gasteiger partial charge on any atom is -0.746 e. The molecule has 1 atom stereocenters. The first-order chi connectivity index (χ1) is 6.45. The fraction of sp³-hybridized carbons (Fsp3) is 0.250. The third-order valence-electron chi connectivity index (χ3n) is 1.67. The average Bonchev–Trinajstić information content (AvgIpc) is 2.15. The zero-order valence-corrected chi connectivity index (χ0v) is 11.2. The number of hydrogen-bond acceptors (Lipinski definition) is 5. The van der Waals surface area contributed by atoms with Gasteiger partial charge < -0.3 is 14.4 Å². The molecule has 0 amide bonds. The van der Waals surface area contributed by atoms with Crippen molar-refractivity contribution in [1.82, 2.24) is 0 Å². The van der Waals surface area contributed by atoms with Crippen molar-refractivity contribution in [2.75, 3.05) is 7.11 Å². The summed E-state index contributed by atoms with van der Waals surface area (Å²) < 4.78 is 36.2. The smallest absolute Gasteiger partial charge is 0.746 e. The van der Waals surface area contributed by atoms with Gasteiger partial charge >= 0.3 is 29.6 Å². The SMILES string of the molecule is COc1ccc(C(O)S(=O)(=O)[O-])cc1.[Na+]. The third kappa shape index (κ3) is 4.10. The van der Waals surface area contributed by atoms with Crippen molar-refractivity contribution >= 4 is 10.1 Å². The van der Waals surface area contributed by atoms with Crippen LogP contribution in [0.25, 0.3) is 0 Å². The maximum absolute atomic E-state index is 10.4. The predicted molar refractivity (Wildman–Crippen MR) is 47.7 cm³/mol. The molecule has 15 heavy (non-hydrogen) atoms. The maximum atomic E-state index is 10.4. The molecule has 7 heteroatoms. The Kier molecular flexibility index (Phi) is 5.79. The molecule has 0 saturated heterocycles. The maximum Gasteiger partial charge on any atom is 1.00 e. The van der Waals surface area contributed by atoms with E-state index in [1.54, 1.807) is 0 Å². The van der Waals surface area contributed by atoms with Gasteiger partial charge in [-0.1, -0.05) is 12.1 Å². The molecule has 1 unspecified atom stereocenters. The molecular weight excluding hydrogens is 231 g/mol. The Morgan fingerprint density at radius 1 is 1.33 bits per heavy atom. The third-order valence-corrected chi connectivity index (χ3v) is 2.49. The van der Waals surface area contributed by atoms with Crippen LogP contribution in [-0.2, 0) is 10.1 Å². The summed E-state index contributed by atoms with van der Waals surface area (Å²) in [6.07, 6.45) is 0. The molecular formula is C8H9NaO5S. The van der Waals surface area contributed by atoms with Crippen LogP contribution >= 0.6 is 0 Å². The van der Waals surface area contributed by atoms with Crippen molar-refractivity contribution in [2.24, 2.45) is 0 Å². The van der Waals surface area contributed by atoms with Crippen LogP contribution in [0.5, 0.6) is 5.75 Å². The van der Waals surface area contributed by atoms with Gasteiger partial charge in [0, 0.05) is 0 Å². The first kappa shape index (κ1) is 14.9. The van der Waals surface area contributed by atoms with E-state index in [4.69, 9.17) is 9.84 Å². The van der Waals surface area contributed by atoms with Gasteiger partial charge in [0.15, 0.2) is 5.44 Å². The molecule has 78 valence electrons. The molecule has 0 bridgehead atoms. The summed E-state index contributed by atoms with van der Waals surface area (Å²) in [4.78, 5) is 0. The van der Waals surface area contributed by atoms with Crippen molar-refractivity contribution < 1.29 is 52.4 Å². The predicted octanol–water partition coefficient (Wildman–Crippen LogP) is -2.76. The van der Waals surface area contributed by atoms with Crippen molar-refractivity contribution in [3.8, 4) is 5.75 Å². The van der Waals surface area contributed by atoms with E-state index < -0.39 is 15.6 Å². The number of aliphatic hydroxyl groups excluding tert-OH is 1. The number of methoxy groups -OCH3 is 1. The number of benzene rings is 1. The van der Waals surface area contributed by atoms with E-state index in [9.17, 15) is 13.0 Å². The second-order valence-electron chi connectivity index (χ2n) is 2.62. The zero-order valence-electron chi connectivity index (χ0n) is 8.38. The fourth-order valence-corrected chi connectivity index (χ4v) is 1.43. The summed E-state index contributed by atoms with van der Waals surface area (Å²) in [5, 5.41) is 9.08. The van der Waals surface area contributed by atoms with E-state index in [0.717, 1.165) is 0 Å². The molecule has 1 N–H and O–H groups in total. The number of hydrogen-bond donors (Lipinski definition) is 1. The van der Waals surface area contributed by atoms with Crippen LogP contribution in [0.15, 0.2) is 24.3 Å². The van der Waals surface area contributed by atoms with Crippen molar-refractivity contribution in [1.29, 1.82) is 0 Å². The number of aliphatic hydroxyl groups is 1. The Balaban J connectivity index is 0.00000196. The van der Waals surface area contributed by atoms with Crippen molar-refractivity contribution in [2.45, 2.75) is 5.44 Å². The summed E-state index contributed by atoms with van der Waals surface area (Å²) >= 11 is 0. The van der Waals surface area contributed by atoms with E-state index in [0.29, 0.717) is 5.75 Å². The number of rotatable bonds is 3. The first-order valence-electron chi connectivity index (χ1n) is 3.72. The van der Waals surface area contributed by atoms with Crippen LogP contribution in [0, 0.1) is 0 Å². The second kappa shape index (κ2) is 5.83. The Morgan fingerprint density at radius 3 is 2.13 bits per heavy atom. The van der Waals surface area contributed by atoms with Gasteiger partial charge in [-0.2, -0.15) is 0 Å². The molecule has 0 aliphatic carbocycles. The summed E-state index contributed by atoms with van der Waals surface area (Å²) in [5.41, 5.74) is -1.99. The van der Waals surface area contributed by atoms with E-state index in [-0.39, 0.29) is 35.1 Å². The molecule has 0 spiro atoms. The summed E-state index contributed by atoms with van der Waals surface area (Å²) in [5.74, 6) is 0.518. The van der Waals surface area contributed by atoms with Gasteiger partial charge in [0.1, 0.15) is 15.9 Å².